The Bertz CT molecular complexity index is 966. The Labute approximate surface area is 172 Å². The first-order valence-corrected chi connectivity index (χ1v) is 11.1. The van der Waals surface area contributed by atoms with Gasteiger partial charge >= 0.3 is 0 Å². The van der Waals surface area contributed by atoms with Gasteiger partial charge in [-0.05, 0) is 55.3 Å². The number of benzene rings is 2. The number of hydrogen-bond acceptors (Lipinski definition) is 4. The topological polar surface area (TPSA) is 80.2 Å². The molecule has 1 heterocycles. The van der Waals surface area contributed by atoms with Crippen LogP contribution >= 0.6 is 0 Å². The standard InChI is InChI=1S/C21H27N3O4S/c1-16-4-5-17(2)20(14-16)29(26,27)24-12-10-23(11-13-24)15-21(25)22-18-6-8-19(28-3)9-7-18/h4-9,14H,10-13,15H2,1-3H3,(H,22,25)/p+1. The largest absolute Gasteiger partial charge is 0.497 e. The maximum absolute atomic E-state index is 13.0. The summed E-state index contributed by atoms with van der Waals surface area (Å²) in [6, 6.07) is 12.7. The van der Waals surface area contributed by atoms with Crippen LogP contribution in [0.25, 0.3) is 0 Å². The number of nitrogens with zero attached hydrogens (tertiary/aromatic N) is 1. The number of sulfonamides is 1. The summed E-state index contributed by atoms with van der Waals surface area (Å²) in [7, 11) is -1.92. The van der Waals surface area contributed by atoms with E-state index in [2.05, 4.69) is 5.32 Å². The predicted octanol–water partition coefficient (Wildman–Crippen LogP) is 0.840. The van der Waals surface area contributed by atoms with Gasteiger partial charge in [-0.2, -0.15) is 4.31 Å². The average molecular weight is 419 g/mol. The van der Waals surface area contributed by atoms with Crippen LogP contribution in [0.2, 0.25) is 0 Å². The minimum absolute atomic E-state index is 0.0870. The molecule has 7 nitrogen and oxygen atoms in total. The molecule has 2 aromatic rings. The molecule has 1 aliphatic rings. The molecular weight excluding hydrogens is 390 g/mol. The molecule has 1 saturated heterocycles. The highest BCUT2D eigenvalue weighted by Crippen LogP contribution is 2.21. The zero-order chi connectivity index (χ0) is 21.0. The van der Waals surface area contributed by atoms with Crippen LogP contribution in [-0.2, 0) is 14.8 Å². The van der Waals surface area contributed by atoms with E-state index in [0.717, 1.165) is 21.8 Å². The zero-order valence-corrected chi connectivity index (χ0v) is 17.9. The van der Waals surface area contributed by atoms with Crippen molar-refractivity contribution in [3.63, 3.8) is 0 Å². The number of ether oxygens (including phenoxy) is 1. The molecule has 0 aromatic heterocycles. The van der Waals surface area contributed by atoms with Gasteiger partial charge in [-0.25, -0.2) is 8.42 Å². The van der Waals surface area contributed by atoms with Crippen LogP contribution in [0.1, 0.15) is 11.1 Å². The van der Waals surface area contributed by atoms with Gasteiger partial charge in [-0.1, -0.05) is 12.1 Å². The highest BCUT2D eigenvalue weighted by Gasteiger charge is 2.32. The lowest BCUT2D eigenvalue weighted by Gasteiger charge is -2.31. The number of methoxy groups -OCH3 is 1. The van der Waals surface area contributed by atoms with E-state index in [0.29, 0.717) is 43.3 Å². The van der Waals surface area contributed by atoms with Crippen molar-refractivity contribution in [2.75, 3.05) is 45.2 Å². The van der Waals surface area contributed by atoms with E-state index in [1.807, 2.05) is 26.0 Å². The normalized spacial score (nSPS) is 15.8. The van der Waals surface area contributed by atoms with E-state index in [4.69, 9.17) is 4.74 Å². The summed E-state index contributed by atoms with van der Waals surface area (Å²) in [6.45, 7) is 6.02. The van der Waals surface area contributed by atoms with Crippen LogP contribution in [-0.4, -0.2) is 58.5 Å². The van der Waals surface area contributed by atoms with Crippen LogP contribution in [0, 0.1) is 13.8 Å². The SMILES string of the molecule is COc1ccc(NC(=O)C[NH+]2CCN(S(=O)(=O)c3cc(C)ccc3C)CC2)cc1. The summed E-state index contributed by atoms with van der Waals surface area (Å²) in [5.41, 5.74) is 2.39. The molecule has 0 radical (unpaired) electrons. The maximum Gasteiger partial charge on any atom is 0.279 e. The molecule has 1 aliphatic heterocycles. The number of carbonyl (C=O) groups excluding carboxylic acids is 1. The zero-order valence-electron chi connectivity index (χ0n) is 17.1. The van der Waals surface area contributed by atoms with Gasteiger partial charge in [0.05, 0.1) is 38.2 Å². The molecule has 0 atom stereocenters. The molecule has 156 valence electrons. The fourth-order valence-electron chi connectivity index (χ4n) is 3.45. The van der Waals surface area contributed by atoms with Crippen LogP contribution in [0.15, 0.2) is 47.4 Å². The fourth-order valence-corrected chi connectivity index (χ4v) is 5.20. The third kappa shape index (κ3) is 5.14. The molecule has 29 heavy (non-hydrogen) atoms. The van der Waals surface area contributed by atoms with Gasteiger partial charge < -0.3 is 15.0 Å². The summed E-state index contributed by atoms with van der Waals surface area (Å²) in [4.78, 5) is 13.8. The molecule has 0 bridgehead atoms. The third-order valence-electron chi connectivity index (χ3n) is 5.18. The summed E-state index contributed by atoms with van der Waals surface area (Å²) in [6.07, 6.45) is 0. The molecule has 1 amide bonds. The average Bonchev–Trinajstić information content (AvgIpc) is 2.70. The number of piperazine rings is 1. The molecule has 0 spiro atoms. The Morgan fingerprint density at radius 2 is 1.76 bits per heavy atom. The third-order valence-corrected chi connectivity index (χ3v) is 7.22. The lowest BCUT2D eigenvalue weighted by Crippen LogP contribution is -3.15. The first-order chi connectivity index (χ1) is 13.8. The summed E-state index contributed by atoms with van der Waals surface area (Å²) in [5, 5.41) is 2.87. The van der Waals surface area contributed by atoms with Crippen molar-refractivity contribution >= 4 is 21.6 Å². The second-order valence-electron chi connectivity index (χ2n) is 7.38. The van der Waals surface area contributed by atoms with Crippen molar-refractivity contribution in [1.82, 2.24) is 4.31 Å². The molecule has 3 rings (SSSR count). The second kappa shape index (κ2) is 8.94. The van der Waals surface area contributed by atoms with Gasteiger partial charge in [0, 0.05) is 5.69 Å². The van der Waals surface area contributed by atoms with Crippen LogP contribution in [0.4, 0.5) is 5.69 Å². The second-order valence-corrected chi connectivity index (χ2v) is 9.28. The number of aryl methyl sites for hydroxylation is 2. The summed E-state index contributed by atoms with van der Waals surface area (Å²) >= 11 is 0. The van der Waals surface area contributed by atoms with Gasteiger partial charge in [-0.3, -0.25) is 4.79 Å². The Kier molecular flexibility index (Phi) is 6.56. The first kappa shape index (κ1) is 21.3. The van der Waals surface area contributed by atoms with E-state index >= 15 is 0 Å². The summed E-state index contributed by atoms with van der Waals surface area (Å²) in [5.74, 6) is 0.644. The number of amides is 1. The van der Waals surface area contributed by atoms with Gasteiger partial charge in [0.1, 0.15) is 5.75 Å². The summed E-state index contributed by atoms with van der Waals surface area (Å²) < 4.78 is 32.7. The predicted molar refractivity (Wildman–Crippen MR) is 112 cm³/mol. The van der Waals surface area contributed by atoms with E-state index in [9.17, 15) is 13.2 Å². The quantitative estimate of drug-likeness (QED) is 0.729. The van der Waals surface area contributed by atoms with Crippen LogP contribution < -0.4 is 15.0 Å². The van der Waals surface area contributed by atoms with Gasteiger partial charge in [0.2, 0.25) is 10.0 Å². The number of quaternary nitrogens is 1. The smallest absolute Gasteiger partial charge is 0.279 e. The van der Waals surface area contributed by atoms with Gasteiger partial charge in [0.15, 0.2) is 6.54 Å². The molecule has 2 aromatic carbocycles. The number of carbonyl (C=O) groups is 1. The van der Waals surface area contributed by atoms with E-state index in [-0.39, 0.29) is 5.91 Å². The van der Waals surface area contributed by atoms with E-state index < -0.39 is 10.0 Å². The maximum atomic E-state index is 13.0. The lowest BCUT2D eigenvalue weighted by molar-refractivity contribution is -0.895. The number of nitrogens with one attached hydrogen (secondary N) is 2. The van der Waals surface area contributed by atoms with Crippen molar-refractivity contribution in [2.24, 2.45) is 0 Å². The monoisotopic (exact) mass is 418 g/mol. The van der Waals surface area contributed by atoms with Crippen molar-refractivity contribution in [2.45, 2.75) is 18.7 Å². The molecule has 0 saturated carbocycles. The first-order valence-electron chi connectivity index (χ1n) is 9.64. The highest BCUT2D eigenvalue weighted by molar-refractivity contribution is 7.89. The lowest BCUT2D eigenvalue weighted by atomic mass is 10.2. The number of rotatable bonds is 6. The molecular formula is C21H28N3O4S+. The van der Waals surface area contributed by atoms with Gasteiger partial charge in [0.25, 0.3) is 5.91 Å². The van der Waals surface area contributed by atoms with E-state index in [1.165, 1.54) is 4.31 Å². The Hall–Kier alpha value is -2.42. The Morgan fingerprint density at radius 1 is 1.10 bits per heavy atom. The minimum Gasteiger partial charge on any atom is -0.497 e. The van der Waals surface area contributed by atoms with Crippen molar-refractivity contribution in [3.8, 4) is 5.75 Å². The molecule has 8 heteroatoms. The molecule has 0 unspecified atom stereocenters. The number of anilines is 1. The minimum atomic E-state index is -3.51. The highest BCUT2D eigenvalue weighted by atomic mass is 32.2. The van der Waals surface area contributed by atoms with Gasteiger partial charge in [-0.15, -0.1) is 0 Å². The number of hydrogen-bond donors (Lipinski definition) is 2. The van der Waals surface area contributed by atoms with Crippen molar-refractivity contribution in [1.29, 1.82) is 0 Å². The van der Waals surface area contributed by atoms with Crippen molar-refractivity contribution in [3.05, 3.63) is 53.6 Å². The molecule has 0 aliphatic carbocycles. The Morgan fingerprint density at radius 3 is 2.38 bits per heavy atom. The Balaban J connectivity index is 1.55. The molecule has 2 N–H and O–H groups in total. The van der Waals surface area contributed by atoms with Crippen LogP contribution in [0.5, 0.6) is 5.75 Å². The fraction of sp³-hybridized carbons (Fsp3) is 0.381. The van der Waals surface area contributed by atoms with Crippen LogP contribution in [0.3, 0.4) is 0 Å². The molecule has 1 fully saturated rings. The van der Waals surface area contributed by atoms with E-state index in [1.54, 1.807) is 37.4 Å². The van der Waals surface area contributed by atoms with Crippen molar-refractivity contribution < 1.29 is 22.8 Å².